The lowest BCUT2D eigenvalue weighted by Gasteiger charge is -2.35. The van der Waals surface area contributed by atoms with Crippen molar-refractivity contribution in [2.45, 2.75) is 51.5 Å². The predicted octanol–water partition coefficient (Wildman–Crippen LogP) is 3.48. The minimum absolute atomic E-state index is 0.104. The smallest absolute Gasteiger partial charge is 0.245 e. The Morgan fingerprint density at radius 1 is 1.16 bits per heavy atom. The van der Waals surface area contributed by atoms with Crippen molar-refractivity contribution in [2.24, 2.45) is 29.6 Å². The zero-order valence-corrected chi connectivity index (χ0v) is 12.3. The van der Waals surface area contributed by atoms with Crippen LogP contribution in [-0.4, -0.2) is 23.9 Å². The van der Waals surface area contributed by atoms with Crippen molar-refractivity contribution in [1.29, 1.82) is 0 Å². The first-order valence-corrected chi connectivity index (χ1v) is 7.99. The molecule has 0 spiro atoms. The molecule has 2 heteroatoms. The van der Waals surface area contributed by atoms with E-state index < -0.39 is 0 Å². The normalized spacial score (nSPS) is 44.5. The Kier molecular flexibility index (Phi) is 3.44. The summed E-state index contributed by atoms with van der Waals surface area (Å²) in [5.74, 6) is 4.39. The maximum absolute atomic E-state index is 11.9. The number of hydrogen-bond acceptors (Lipinski definition) is 1. The average molecular weight is 261 g/mol. The van der Waals surface area contributed by atoms with Crippen molar-refractivity contribution in [2.75, 3.05) is 7.05 Å². The molecule has 0 aromatic rings. The molecule has 0 aliphatic heterocycles. The summed E-state index contributed by atoms with van der Waals surface area (Å²) in [7, 11) is 1.98. The standard InChI is InChI=1S/C17H27NO/c1-4-17(19)18(3)16-10-13-7-12-5-6-14(8-12)11(2)15(16)9-13/h4,11-16H,1,5-10H2,2-3H3. The molecule has 1 amide bonds. The van der Waals surface area contributed by atoms with Crippen LogP contribution in [0.4, 0.5) is 0 Å². The molecule has 6 atom stereocenters. The molecule has 19 heavy (non-hydrogen) atoms. The number of hydrogen-bond donors (Lipinski definition) is 0. The second-order valence-corrected chi connectivity index (χ2v) is 7.26. The fourth-order valence-electron chi connectivity index (χ4n) is 5.29. The zero-order valence-electron chi connectivity index (χ0n) is 12.3. The van der Waals surface area contributed by atoms with Crippen molar-refractivity contribution >= 4 is 5.91 Å². The van der Waals surface area contributed by atoms with Gasteiger partial charge in [0.25, 0.3) is 0 Å². The highest BCUT2D eigenvalue weighted by atomic mass is 16.2. The van der Waals surface area contributed by atoms with Gasteiger partial charge in [0.15, 0.2) is 0 Å². The van der Waals surface area contributed by atoms with Crippen molar-refractivity contribution in [3.05, 3.63) is 12.7 Å². The largest absolute Gasteiger partial charge is 0.339 e. The van der Waals surface area contributed by atoms with Crippen LogP contribution in [0, 0.1) is 29.6 Å². The Labute approximate surface area is 117 Å². The molecule has 3 aliphatic carbocycles. The van der Waals surface area contributed by atoms with Gasteiger partial charge in [0.05, 0.1) is 0 Å². The second kappa shape index (κ2) is 4.96. The van der Waals surface area contributed by atoms with E-state index in [1.54, 1.807) is 0 Å². The van der Waals surface area contributed by atoms with Crippen LogP contribution in [-0.2, 0) is 4.79 Å². The van der Waals surface area contributed by atoms with Gasteiger partial charge < -0.3 is 4.90 Å². The molecule has 0 N–H and O–H groups in total. The Morgan fingerprint density at radius 2 is 1.95 bits per heavy atom. The highest BCUT2D eigenvalue weighted by Gasteiger charge is 2.46. The SMILES string of the molecule is C=CC(=O)N(C)C1CC2CC3CCC(C3)C(C)C1C2. The average Bonchev–Trinajstić information content (AvgIpc) is 3.03. The highest BCUT2D eigenvalue weighted by molar-refractivity contribution is 5.87. The van der Waals surface area contributed by atoms with E-state index in [1.807, 2.05) is 11.9 Å². The lowest BCUT2D eigenvalue weighted by Crippen LogP contribution is -2.41. The molecule has 4 bridgehead atoms. The molecule has 0 aromatic carbocycles. The summed E-state index contributed by atoms with van der Waals surface area (Å²) in [4.78, 5) is 13.9. The van der Waals surface area contributed by atoms with Crippen LogP contribution >= 0.6 is 0 Å². The fourth-order valence-corrected chi connectivity index (χ4v) is 5.29. The van der Waals surface area contributed by atoms with E-state index in [0.29, 0.717) is 6.04 Å². The molecule has 3 fully saturated rings. The molecular formula is C17H27NO. The van der Waals surface area contributed by atoms with E-state index in [-0.39, 0.29) is 5.91 Å². The van der Waals surface area contributed by atoms with Gasteiger partial charge in [-0.15, -0.1) is 0 Å². The Morgan fingerprint density at radius 3 is 2.68 bits per heavy atom. The number of rotatable bonds is 2. The lowest BCUT2D eigenvalue weighted by atomic mass is 9.76. The molecule has 3 rings (SSSR count). The second-order valence-electron chi connectivity index (χ2n) is 7.26. The van der Waals surface area contributed by atoms with Crippen LogP contribution < -0.4 is 0 Å². The Balaban J connectivity index is 1.81. The van der Waals surface area contributed by atoms with Crippen molar-refractivity contribution < 1.29 is 4.79 Å². The van der Waals surface area contributed by atoms with Gasteiger partial charge in [0, 0.05) is 13.1 Å². The van der Waals surface area contributed by atoms with Gasteiger partial charge in [-0.25, -0.2) is 0 Å². The van der Waals surface area contributed by atoms with Gasteiger partial charge in [0.1, 0.15) is 0 Å². The third-order valence-corrected chi connectivity index (χ3v) is 6.36. The maximum Gasteiger partial charge on any atom is 0.245 e. The number of nitrogens with zero attached hydrogens (tertiary/aromatic N) is 1. The summed E-state index contributed by atoms with van der Waals surface area (Å²) >= 11 is 0. The van der Waals surface area contributed by atoms with E-state index in [9.17, 15) is 4.79 Å². The van der Waals surface area contributed by atoms with Crippen LogP contribution in [0.15, 0.2) is 12.7 Å². The summed E-state index contributed by atoms with van der Waals surface area (Å²) in [5.41, 5.74) is 0. The Hall–Kier alpha value is -0.790. The zero-order chi connectivity index (χ0) is 13.6. The lowest BCUT2D eigenvalue weighted by molar-refractivity contribution is -0.127. The number of amides is 1. The van der Waals surface area contributed by atoms with E-state index in [4.69, 9.17) is 0 Å². The minimum atomic E-state index is 0.104. The summed E-state index contributed by atoms with van der Waals surface area (Å²) in [5, 5.41) is 0. The first-order chi connectivity index (χ1) is 9.10. The third kappa shape index (κ3) is 2.23. The van der Waals surface area contributed by atoms with Gasteiger partial charge in [0.2, 0.25) is 5.91 Å². The predicted molar refractivity (Wildman–Crippen MR) is 77.6 cm³/mol. The molecular weight excluding hydrogens is 234 g/mol. The monoisotopic (exact) mass is 261 g/mol. The number of fused-ring (bicyclic) bond motifs is 4. The van der Waals surface area contributed by atoms with Crippen LogP contribution in [0.3, 0.4) is 0 Å². The summed E-state index contributed by atoms with van der Waals surface area (Å²) in [6.07, 6.45) is 9.83. The topological polar surface area (TPSA) is 20.3 Å². The molecule has 0 aromatic heterocycles. The van der Waals surface area contributed by atoms with Crippen LogP contribution in [0.25, 0.3) is 0 Å². The fraction of sp³-hybridized carbons (Fsp3) is 0.824. The van der Waals surface area contributed by atoms with Crippen molar-refractivity contribution in [3.8, 4) is 0 Å². The van der Waals surface area contributed by atoms with E-state index >= 15 is 0 Å². The molecule has 0 radical (unpaired) electrons. The van der Waals surface area contributed by atoms with Gasteiger partial charge >= 0.3 is 0 Å². The van der Waals surface area contributed by atoms with Gasteiger partial charge in [-0.3, -0.25) is 4.79 Å². The molecule has 0 heterocycles. The summed E-state index contributed by atoms with van der Waals surface area (Å²) in [6.45, 7) is 6.09. The van der Waals surface area contributed by atoms with E-state index in [2.05, 4.69) is 13.5 Å². The first kappa shape index (κ1) is 13.2. The van der Waals surface area contributed by atoms with Crippen molar-refractivity contribution in [1.82, 2.24) is 4.90 Å². The van der Waals surface area contributed by atoms with E-state index in [0.717, 1.165) is 29.6 Å². The van der Waals surface area contributed by atoms with Crippen LogP contribution in [0.1, 0.15) is 45.4 Å². The maximum atomic E-state index is 11.9. The molecule has 3 aliphatic rings. The van der Waals surface area contributed by atoms with Gasteiger partial charge in [-0.2, -0.15) is 0 Å². The molecule has 3 saturated carbocycles. The Bertz CT molecular complexity index is 377. The number of carbonyl (C=O) groups is 1. The molecule has 0 saturated heterocycles. The van der Waals surface area contributed by atoms with Crippen LogP contribution in [0.2, 0.25) is 0 Å². The summed E-state index contributed by atoms with van der Waals surface area (Å²) < 4.78 is 0. The molecule has 6 unspecified atom stereocenters. The van der Waals surface area contributed by atoms with Crippen LogP contribution in [0.5, 0.6) is 0 Å². The number of likely N-dealkylation sites (N-methyl/N-ethyl adjacent to an activating group) is 1. The molecule has 2 nitrogen and oxygen atoms in total. The minimum Gasteiger partial charge on any atom is -0.339 e. The highest BCUT2D eigenvalue weighted by Crippen LogP contribution is 2.52. The van der Waals surface area contributed by atoms with Gasteiger partial charge in [-0.05, 0) is 67.8 Å². The van der Waals surface area contributed by atoms with Gasteiger partial charge in [-0.1, -0.05) is 19.9 Å². The summed E-state index contributed by atoms with van der Waals surface area (Å²) in [6, 6.07) is 0.463. The third-order valence-electron chi connectivity index (χ3n) is 6.36. The number of carbonyl (C=O) groups excluding carboxylic acids is 1. The van der Waals surface area contributed by atoms with E-state index in [1.165, 1.54) is 44.6 Å². The van der Waals surface area contributed by atoms with Crippen molar-refractivity contribution in [3.63, 3.8) is 0 Å². The quantitative estimate of drug-likeness (QED) is 0.697. The first-order valence-electron chi connectivity index (χ1n) is 7.99. The molecule has 106 valence electrons.